The lowest BCUT2D eigenvalue weighted by Gasteiger charge is -2.12. The lowest BCUT2D eigenvalue weighted by molar-refractivity contribution is 0.102. The number of nitrogens with one attached hydrogen (secondary N) is 1. The third-order valence-electron chi connectivity index (χ3n) is 3.89. The highest BCUT2D eigenvalue weighted by molar-refractivity contribution is 7.14. The van der Waals surface area contributed by atoms with Crippen molar-refractivity contribution in [1.82, 2.24) is 4.98 Å². The summed E-state index contributed by atoms with van der Waals surface area (Å²) < 4.78 is 28.2. The Bertz CT molecular complexity index is 952. The van der Waals surface area contributed by atoms with Crippen LogP contribution in [0.5, 0.6) is 0 Å². The summed E-state index contributed by atoms with van der Waals surface area (Å²) in [4.78, 5) is 17.5. The van der Waals surface area contributed by atoms with Crippen molar-refractivity contribution in [3.05, 3.63) is 69.7 Å². The number of halogens is 2. The summed E-state index contributed by atoms with van der Waals surface area (Å²) in [6.07, 6.45) is 0. The Morgan fingerprint density at radius 1 is 1.15 bits per heavy atom. The van der Waals surface area contributed by atoms with E-state index in [0.717, 1.165) is 11.1 Å². The van der Waals surface area contributed by atoms with Crippen LogP contribution in [-0.4, -0.2) is 10.9 Å². The number of aromatic nitrogens is 1. The van der Waals surface area contributed by atoms with Crippen molar-refractivity contribution in [3.63, 3.8) is 0 Å². The van der Waals surface area contributed by atoms with E-state index in [1.807, 2.05) is 19.9 Å². The Hall–Kier alpha value is -2.60. The quantitative estimate of drug-likeness (QED) is 0.631. The zero-order valence-electron chi connectivity index (χ0n) is 14.6. The topological polar surface area (TPSA) is 42.0 Å². The minimum atomic E-state index is -0.816. The number of carbonyl (C=O) groups is 1. The number of hydrogen-bond donors (Lipinski definition) is 1. The molecular formula is C20H18F2N2OS. The van der Waals surface area contributed by atoms with Gasteiger partial charge in [0, 0.05) is 17.5 Å². The van der Waals surface area contributed by atoms with Crippen LogP contribution in [-0.2, 0) is 0 Å². The molecule has 0 unspecified atom stereocenters. The van der Waals surface area contributed by atoms with Gasteiger partial charge in [0.05, 0.1) is 16.4 Å². The molecule has 3 rings (SSSR count). The second-order valence-electron chi connectivity index (χ2n) is 6.25. The lowest BCUT2D eigenvalue weighted by Crippen LogP contribution is -2.14. The molecule has 0 saturated heterocycles. The number of thiazole rings is 1. The van der Waals surface area contributed by atoms with Crippen LogP contribution in [0, 0.1) is 18.6 Å². The molecule has 0 spiro atoms. The predicted molar refractivity (Wildman–Crippen MR) is 101 cm³/mol. The van der Waals surface area contributed by atoms with Gasteiger partial charge in [-0.05, 0) is 18.6 Å². The average molecular weight is 372 g/mol. The molecule has 2 aromatic carbocycles. The standard InChI is InChI=1S/C20H18F2N2OS/c1-11(2)20-23-12(3)18(26-20)19(25)24-17-15(9-14(21)10-16(17)22)13-7-5-4-6-8-13/h4-11H,1-3H3,(H,24,25). The van der Waals surface area contributed by atoms with Crippen molar-refractivity contribution < 1.29 is 13.6 Å². The third kappa shape index (κ3) is 3.65. The number of amides is 1. The summed E-state index contributed by atoms with van der Waals surface area (Å²) in [5.41, 5.74) is 1.47. The summed E-state index contributed by atoms with van der Waals surface area (Å²) in [5.74, 6) is -1.77. The Morgan fingerprint density at radius 3 is 2.46 bits per heavy atom. The largest absolute Gasteiger partial charge is 0.318 e. The molecular weight excluding hydrogens is 354 g/mol. The molecule has 0 saturated carbocycles. The van der Waals surface area contributed by atoms with Gasteiger partial charge in [-0.2, -0.15) is 0 Å². The minimum absolute atomic E-state index is 0.0403. The van der Waals surface area contributed by atoms with Gasteiger partial charge in [-0.25, -0.2) is 13.8 Å². The van der Waals surface area contributed by atoms with Crippen LogP contribution < -0.4 is 5.32 Å². The van der Waals surface area contributed by atoms with Gasteiger partial charge in [0.25, 0.3) is 5.91 Å². The van der Waals surface area contributed by atoms with Crippen LogP contribution >= 0.6 is 11.3 Å². The van der Waals surface area contributed by atoms with E-state index in [1.54, 1.807) is 31.2 Å². The molecule has 0 atom stereocenters. The van der Waals surface area contributed by atoms with Gasteiger partial charge in [-0.1, -0.05) is 44.2 Å². The van der Waals surface area contributed by atoms with E-state index in [-0.39, 0.29) is 11.6 Å². The highest BCUT2D eigenvalue weighted by Gasteiger charge is 2.21. The molecule has 1 aromatic heterocycles. The van der Waals surface area contributed by atoms with Gasteiger partial charge in [0.2, 0.25) is 0 Å². The van der Waals surface area contributed by atoms with Crippen molar-refractivity contribution in [2.45, 2.75) is 26.7 Å². The molecule has 0 bridgehead atoms. The number of rotatable bonds is 4. The normalized spacial score (nSPS) is 11.0. The van der Waals surface area contributed by atoms with Crippen molar-refractivity contribution in [2.24, 2.45) is 0 Å². The number of aryl methyl sites for hydroxylation is 1. The van der Waals surface area contributed by atoms with Crippen LogP contribution in [0.3, 0.4) is 0 Å². The third-order valence-corrected chi connectivity index (χ3v) is 5.35. The van der Waals surface area contributed by atoms with Crippen LogP contribution in [0.1, 0.15) is 40.1 Å². The highest BCUT2D eigenvalue weighted by Crippen LogP contribution is 2.33. The molecule has 0 aliphatic carbocycles. The molecule has 6 heteroatoms. The van der Waals surface area contributed by atoms with Crippen molar-refractivity contribution in [1.29, 1.82) is 0 Å². The highest BCUT2D eigenvalue weighted by atomic mass is 32.1. The fourth-order valence-electron chi connectivity index (χ4n) is 2.59. The Morgan fingerprint density at radius 2 is 1.85 bits per heavy atom. The zero-order chi connectivity index (χ0) is 18.8. The Labute approximate surface area is 154 Å². The molecule has 0 aliphatic rings. The first-order valence-corrected chi connectivity index (χ1v) is 9.01. The number of anilines is 1. The summed E-state index contributed by atoms with van der Waals surface area (Å²) in [5, 5.41) is 3.45. The second-order valence-corrected chi connectivity index (χ2v) is 7.28. The first kappa shape index (κ1) is 18.2. The molecule has 134 valence electrons. The minimum Gasteiger partial charge on any atom is -0.318 e. The lowest BCUT2D eigenvalue weighted by atomic mass is 10.0. The van der Waals surface area contributed by atoms with Gasteiger partial charge in [0.15, 0.2) is 0 Å². The van der Waals surface area contributed by atoms with E-state index in [9.17, 15) is 13.6 Å². The number of hydrogen-bond acceptors (Lipinski definition) is 3. The van der Waals surface area contributed by atoms with E-state index in [1.165, 1.54) is 17.4 Å². The van der Waals surface area contributed by atoms with Crippen LogP contribution in [0.4, 0.5) is 14.5 Å². The molecule has 0 aliphatic heterocycles. The van der Waals surface area contributed by atoms with Gasteiger partial charge < -0.3 is 5.32 Å². The monoisotopic (exact) mass is 372 g/mol. The van der Waals surface area contributed by atoms with Gasteiger partial charge in [0.1, 0.15) is 16.5 Å². The average Bonchev–Trinajstić information content (AvgIpc) is 3.00. The van der Waals surface area contributed by atoms with Gasteiger partial charge in [-0.3, -0.25) is 4.79 Å². The first-order valence-electron chi connectivity index (χ1n) is 8.20. The molecule has 3 nitrogen and oxygen atoms in total. The van der Waals surface area contributed by atoms with E-state index in [0.29, 0.717) is 21.7 Å². The smallest absolute Gasteiger partial charge is 0.267 e. The number of nitrogens with zero attached hydrogens (tertiary/aromatic N) is 1. The molecule has 3 aromatic rings. The molecule has 1 N–H and O–H groups in total. The summed E-state index contributed by atoms with van der Waals surface area (Å²) >= 11 is 1.29. The van der Waals surface area contributed by atoms with E-state index in [4.69, 9.17) is 0 Å². The van der Waals surface area contributed by atoms with Crippen LogP contribution in [0.25, 0.3) is 11.1 Å². The maximum Gasteiger partial charge on any atom is 0.267 e. The fraction of sp³-hybridized carbons (Fsp3) is 0.200. The van der Waals surface area contributed by atoms with Gasteiger partial charge in [-0.15, -0.1) is 11.3 Å². The molecule has 0 fully saturated rings. The van der Waals surface area contributed by atoms with Crippen LogP contribution in [0.15, 0.2) is 42.5 Å². The summed E-state index contributed by atoms with van der Waals surface area (Å²) in [6, 6.07) is 10.8. The Kier molecular flexibility index (Phi) is 5.13. The molecule has 1 amide bonds. The van der Waals surface area contributed by atoms with Gasteiger partial charge >= 0.3 is 0 Å². The zero-order valence-corrected chi connectivity index (χ0v) is 15.5. The molecule has 26 heavy (non-hydrogen) atoms. The van der Waals surface area contributed by atoms with Crippen molar-refractivity contribution in [2.75, 3.05) is 5.32 Å². The van der Waals surface area contributed by atoms with E-state index >= 15 is 0 Å². The maximum absolute atomic E-state index is 14.4. The first-order chi connectivity index (χ1) is 12.4. The van der Waals surface area contributed by atoms with Crippen molar-refractivity contribution >= 4 is 22.9 Å². The molecule has 1 heterocycles. The fourth-order valence-corrected chi connectivity index (χ4v) is 3.56. The number of carbonyl (C=O) groups excluding carboxylic acids is 1. The van der Waals surface area contributed by atoms with E-state index < -0.39 is 17.5 Å². The van der Waals surface area contributed by atoms with E-state index in [2.05, 4.69) is 10.3 Å². The number of benzene rings is 2. The Balaban J connectivity index is 2.01. The second kappa shape index (κ2) is 7.33. The summed E-state index contributed by atoms with van der Waals surface area (Å²) in [7, 11) is 0. The van der Waals surface area contributed by atoms with Crippen LogP contribution in [0.2, 0.25) is 0 Å². The summed E-state index contributed by atoms with van der Waals surface area (Å²) in [6.45, 7) is 5.73. The predicted octanol–water partition coefficient (Wildman–Crippen LogP) is 5.77. The van der Waals surface area contributed by atoms with Crippen molar-refractivity contribution in [3.8, 4) is 11.1 Å². The maximum atomic E-state index is 14.4. The SMILES string of the molecule is Cc1nc(C(C)C)sc1C(=O)Nc1c(F)cc(F)cc1-c1ccccc1. The molecule has 0 radical (unpaired) electrons.